The maximum absolute atomic E-state index is 12.2. The lowest BCUT2D eigenvalue weighted by Crippen LogP contribution is -2.42. The number of likely N-dealkylation sites (tertiary alicyclic amines) is 1. The fourth-order valence-electron chi connectivity index (χ4n) is 2.20. The number of aromatic nitrogens is 3. The van der Waals surface area contributed by atoms with E-state index in [1.54, 1.807) is 11.8 Å². The van der Waals surface area contributed by atoms with Gasteiger partial charge in [-0.05, 0) is 19.8 Å². The van der Waals surface area contributed by atoms with Crippen LogP contribution in [0.4, 0.5) is 0 Å². The number of rotatable bonds is 2. The van der Waals surface area contributed by atoms with E-state index in [1.165, 1.54) is 0 Å². The van der Waals surface area contributed by atoms with E-state index in [0.717, 1.165) is 25.7 Å². The van der Waals surface area contributed by atoms with E-state index in [-0.39, 0.29) is 24.4 Å². The third-order valence-electron chi connectivity index (χ3n) is 3.14. The number of hydrogen-bond donors (Lipinski definition) is 2. The molecule has 0 spiro atoms. The highest BCUT2D eigenvalue weighted by Gasteiger charge is 2.27. The number of H-pyrrole nitrogens is 1. The molecule has 0 aromatic carbocycles. The Kier molecular flexibility index (Phi) is 3.73. The van der Waals surface area contributed by atoms with Gasteiger partial charge in [0.2, 0.25) is 5.82 Å². The van der Waals surface area contributed by atoms with E-state index < -0.39 is 0 Å². The number of carbonyl (C=O) groups excluding carboxylic acids is 1. The van der Waals surface area contributed by atoms with Crippen molar-refractivity contribution in [3.05, 3.63) is 11.6 Å². The Morgan fingerprint density at radius 3 is 3.00 bits per heavy atom. The van der Waals surface area contributed by atoms with Gasteiger partial charge in [0.15, 0.2) is 0 Å². The molecule has 2 rings (SSSR count). The van der Waals surface area contributed by atoms with Crippen LogP contribution in [0, 0.1) is 6.92 Å². The number of aromatic amines is 1. The van der Waals surface area contributed by atoms with E-state index in [2.05, 4.69) is 15.2 Å². The number of hydrogen-bond acceptors (Lipinski definition) is 4. The van der Waals surface area contributed by atoms with Gasteiger partial charge < -0.3 is 10.0 Å². The van der Waals surface area contributed by atoms with Gasteiger partial charge in [0, 0.05) is 6.54 Å². The summed E-state index contributed by atoms with van der Waals surface area (Å²) in [5, 5.41) is 15.9. The van der Waals surface area contributed by atoms with Crippen molar-refractivity contribution in [1.29, 1.82) is 0 Å². The lowest BCUT2D eigenvalue weighted by atomic mass is 10.1. The summed E-state index contributed by atoms with van der Waals surface area (Å²) in [7, 11) is 0. The molecule has 0 saturated carbocycles. The van der Waals surface area contributed by atoms with Crippen LogP contribution in [-0.2, 0) is 0 Å². The van der Waals surface area contributed by atoms with Crippen LogP contribution < -0.4 is 0 Å². The predicted molar refractivity (Wildman–Crippen MR) is 61.5 cm³/mol. The summed E-state index contributed by atoms with van der Waals surface area (Å²) in [6.07, 6.45) is 3.99. The van der Waals surface area contributed by atoms with Crippen molar-refractivity contribution in [3.63, 3.8) is 0 Å². The third kappa shape index (κ3) is 2.63. The molecule has 17 heavy (non-hydrogen) atoms. The summed E-state index contributed by atoms with van der Waals surface area (Å²) in [5.74, 6) is 0.641. The molecule has 1 aromatic heterocycles. The zero-order chi connectivity index (χ0) is 12.3. The number of nitrogens with one attached hydrogen (secondary N) is 1. The van der Waals surface area contributed by atoms with E-state index in [9.17, 15) is 9.90 Å². The first-order chi connectivity index (χ1) is 8.22. The Bertz CT molecular complexity index is 391. The average Bonchev–Trinajstić information content (AvgIpc) is 2.64. The molecule has 1 fully saturated rings. The van der Waals surface area contributed by atoms with Crippen molar-refractivity contribution >= 4 is 5.91 Å². The third-order valence-corrected chi connectivity index (χ3v) is 3.14. The van der Waals surface area contributed by atoms with Crippen LogP contribution in [0.2, 0.25) is 0 Å². The Hall–Kier alpha value is -1.43. The first-order valence-corrected chi connectivity index (χ1v) is 6.03. The van der Waals surface area contributed by atoms with E-state index in [0.29, 0.717) is 12.4 Å². The van der Waals surface area contributed by atoms with Crippen molar-refractivity contribution in [2.24, 2.45) is 0 Å². The highest BCUT2D eigenvalue weighted by Crippen LogP contribution is 2.18. The van der Waals surface area contributed by atoms with Gasteiger partial charge in [-0.1, -0.05) is 12.8 Å². The van der Waals surface area contributed by atoms with Gasteiger partial charge in [-0.25, -0.2) is 4.98 Å². The minimum Gasteiger partial charge on any atom is -0.394 e. The molecule has 1 unspecified atom stereocenters. The van der Waals surface area contributed by atoms with E-state index in [4.69, 9.17) is 0 Å². The monoisotopic (exact) mass is 238 g/mol. The summed E-state index contributed by atoms with van der Waals surface area (Å²) >= 11 is 0. The highest BCUT2D eigenvalue weighted by molar-refractivity contribution is 5.90. The quantitative estimate of drug-likeness (QED) is 0.785. The molecular formula is C11H18N4O2. The van der Waals surface area contributed by atoms with Crippen molar-refractivity contribution in [2.45, 2.75) is 38.6 Å². The first kappa shape index (κ1) is 12.0. The Morgan fingerprint density at radius 1 is 1.53 bits per heavy atom. The van der Waals surface area contributed by atoms with Crippen LogP contribution in [0.3, 0.4) is 0 Å². The summed E-state index contributed by atoms with van der Waals surface area (Å²) in [5.41, 5.74) is 0. The number of aliphatic hydroxyl groups excluding tert-OH is 1. The number of aliphatic hydroxyl groups is 1. The lowest BCUT2D eigenvalue weighted by molar-refractivity contribution is 0.0588. The van der Waals surface area contributed by atoms with Crippen LogP contribution in [0.15, 0.2) is 0 Å². The highest BCUT2D eigenvalue weighted by atomic mass is 16.3. The topological polar surface area (TPSA) is 82.1 Å². The molecule has 6 heteroatoms. The maximum Gasteiger partial charge on any atom is 0.293 e. The van der Waals surface area contributed by atoms with Gasteiger partial charge in [0.1, 0.15) is 5.82 Å². The van der Waals surface area contributed by atoms with Crippen molar-refractivity contribution in [2.75, 3.05) is 13.2 Å². The molecule has 1 aliphatic rings. The minimum atomic E-state index is -0.185. The second-order valence-electron chi connectivity index (χ2n) is 4.43. The van der Waals surface area contributed by atoms with Gasteiger partial charge in [-0.2, -0.15) is 0 Å². The molecule has 1 atom stereocenters. The van der Waals surface area contributed by atoms with Crippen LogP contribution in [0.1, 0.15) is 42.1 Å². The van der Waals surface area contributed by atoms with E-state index >= 15 is 0 Å². The van der Waals surface area contributed by atoms with Gasteiger partial charge in [-0.15, -0.1) is 5.10 Å². The molecule has 0 radical (unpaired) electrons. The second-order valence-corrected chi connectivity index (χ2v) is 4.43. The molecule has 1 amide bonds. The average molecular weight is 238 g/mol. The molecule has 2 heterocycles. The van der Waals surface area contributed by atoms with Crippen LogP contribution in [0.25, 0.3) is 0 Å². The fourth-order valence-corrected chi connectivity index (χ4v) is 2.20. The predicted octanol–water partition coefficient (Wildman–Crippen LogP) is 0.490. The zero-order valence-electron chi connectivity index (χ0n) is 10.0. The van der Waals surface area contributed by atoms with Gasteiger partial charge in [-0.3, -0.25) is 9.89 Å². The molecule has 1 aliphatic heterocycles. The standard InChI is InChI=1S/C11H18N4O2/c1-8-12-10(14-13-8)11(17)15-6-4-2-3-5-9(15)7-16/h9,16H,2-7H2,1H3,(H,12,13,14). The van der Waals surface area contributed by atoms with Crippen LogP contribution in [-0.4, -0.2) is 50.3 Å². The summed E-state index contributed by atoms with van der Waals surface area (Å²) < 4.78 is 0. The smallest absolute Gasteiger partial charge is 0.293 e. The van der Waals surface area contributed by atoms with Crippen molar-refractivity contribution < 1.29 is 9.90 Å². The number of amides is 1. The maximum atomic E-state index is 12.2. The van der Waals surface area contributed by atoms with Crippen LogP contribution >= 0.6 is 0 Å². The van der Waals surface area contributed by atoms with Gasteiger partial charge in [0.25, 0.3) is 5.91 Å². The molecule has 2 N–H and O–H groups in total. The second kappa shape index (κ2) is 5.27. The molecule has 1 saturated heterocycles. The molecular weight excluding hydrogens is 220 g/mol. The number of aryl methyl sites for hydroxylation is 1. The molecule has 6 nitrogen and oxygen atoms in total. The Balaban J connectivity index is 2.15. The van der Waals surface area contributed by atoms with Crippen molar-refractivity contribution in [1.82, 2.24) is 20.1 Å². The molecule has 0 bridgehead atoms. The van der Waals surface area contributed by atoms with Crippen LogP contribution in [0.5, 0.6) is 0 Å². The van der Waals surface area contributed by atoms with E-state index in [1.807, 2.05) is 0 Å². The first-order valence-electron chi connectivity index (χ1n) is 6.03. The molecule has 1 aromatic rings. The summed E-state index contributed by atoms with van der Waals surface area (Å²) in [6, 6.07) is -0.0937. The summed E-state index contributed by atoms with van der Waals surface area (Å²) in [4.78, 5) is 18.0. The largest absolute Gasteiger partial charge is 0.394 e. The fraction of sp³-hybridized carbons (Fsp3) is 0.727. The Morgan fingerprint density at radius 2 is 2.35 bits per heavy atom. The molecule has 94 valence electrons. The van der Waals surface area contributed by atoms with Crippen molar-refractivity contribution in [3.8, 4) is 0 Å². The Labute approximate surface area is 100 Å². The minimum absolute atomic E-state index is 0.00907. The summed E-state index contributed by atoms with van der Waals surface area (Å²) in [6.45, 7) is 2.45. The number of carbonyl (C=O) groups is 1. The van der Waals surface area contributed by atoms with Gasteiger partial charge >= 0.3 is 0 Å². The lowest BCUT2D eigenvalue weighted by Gasteiger charge is -2.27. The zero-order valence-corrected chi connectivity index (χ0v) is 10.0. The SMILES string of the molecule is Cc1nc(C(=O)N2CCCCCC2CO)n[nH]1. The van der Waals surface area contributed by atoms with Gasteiger partial charge in [0.05, 0.1) is 12.6 Å². The normalized spacial score (nSPS) is 21.3. The molecule has 0 aliphatic carbocycles. The number of nitrogens with zero attached hydrogens (tertiary/aromatic N) is 3.